The molecule has 36 heavy (non-hydrogen) atoms. The summed E-state index contributed by atoms with van der Waals surface area (Å²) in [5.74, 6) is -3.06. The number of ether oxygens (including phenoxy) is 1. The first-order valence-electron chi connectivity index (χ1n) is 12.2. The van der Waals surface area contributed by atoms with Gasteiger partial charge in [0, 0.05) is 18.3 Å². The number of anilines is 2. The quantitative estimate of drug-likeness (QED) is 0.471. The predicted molar refractivity (Wildman–Crippen MR) is 131 cm³/mol. The summed E-state index contributed by atoms with van der Waals surface area (Å²) in [6, 6.07) is 7.44. The zero-order valence-corrected chi connectivity index (χ0v) is 19.8. The lowest BCUT2D eigenvalue weighted by Crippen LogP contribution is -2.21. The van der Waals surface area contributed by atoms with Crippen LogP contribution in [0.1, 0.15) is 38.5 Å². The molecule has 1 saturated heterocycles. The number of hydrogen-bond acceptors (Lipinski definition) is 7. The number of carbonyl (C=O) groups excluding carboxylic acids is 1. The van der Waals surface area contributed by atoms with Crippen LogP contribution in [0.2, 0.25) is 0 Å². The van der Waals surface area contributed by atoms with E-state index in [2.05, 4.69) is 25.6 Å². The van der Waals surface area contributed by atoms with Gasteiger partial charge in [0.2, 0.25) is 23.6 Å². The first-order chi connectivity index (χ1) is 17.5. The summed E-state index contributed by atoms with van der Waals surface area (Å²) in [7, 11) is 0. The normalized spacial score (nSPS) is 19.1. The third-order valence-electron chi connectivity index (χ3n) is 6.84. The fourth-order valence-corrected chi connectivity index (χ4v) is 4.46. The minimum Gasteiger partial charge on any atom is -0.435 e. The molecular weight excluding hydrogens is 466 g/mol. The van der Waals surface area contributed by atoms with Crippen LogP contribution in [-0.4, -0.2) is 33.9 Å². The Morgan fingerprint density at radius 3 is 2.50 bits per heavy atom. The molecule has 1 aromatic carbocycles. The zero-order chi connectivity index (χ0) is 25.1. The number of pyridine rings is 1. The number of rotatable bonds is 5. The Labute approximate surface area is 207 Å². The second kappa shape index (κ2) is 10.1. The number of nitrogens with two attached hydrogens (primary N) is 1. The van der Waals surface area contributed by atoms with Gasteiger partial charge in [0.05, 0.1) is 16.9 Å². The van der Waals surface area contributed by atoms with Gasteiger partial charge in [0.15, 0.2) is 11.6 Å². The van der Waals surface area contributed by atoms with Crippen molar-refractivity contribution in [3.8, 4) is 22.9 Å². The van der Waals surface area contributed by atoms with Crippen molar-refractivity contribution >= 4 is 17.5 Å². The molecule has 2 saturated carbocycles. The van der Waals surface area contributed by atoms with Gasteiger partial charge in [-0.2, -0.15) is 4.39 Å². The molecule has 0 bridgehead atoms. The van der Waals surface area contributed by atoms with E-state index in [9.17, 15) is 13.6 Å². The lowest BCUT2D eigenvalue weighted by atomic mass is 10.2. The van der Waals surface area contributed by atoms with E-state index in [0.29, 0.717) is 11.3 Å². The Hall–Kier alpha value is -3.66. The van der Waals surface area contributed by atoms with Crippen molar-refractivity contribution in [1.29, 1.82) is 0 Å². The number of benzene rings is 1. The third kappa shape index (κ3) is 5.28. The SMILES string of the molecule is C1CCNCC1.Nc1nccc(-c2cccnc2Oc2ccc(NC(=O)C3CC34CC4)c(F)c2F)n1. The van der Waals surface area contributed by atoms with Crippen molar-refractivity contribution in [2.45, 2.75) is 38.5 Å². The second-order valence-electron chi connectivity index (χ2n) is 9.42. The van der Waals surface area contributed by atoms with Crippen LogP contribution < -0.4 is 21.1 Å². The van der Waals surface area contributed by atoms with E-state index in [1.165, 1.54) is 56.9 Å². The molecular formula is C26H28F2N6O2. The Bertz CT molecular complexity index is 1250. The van der Waals surface area contributed by atoms with Gasteiger partial charge in [-0.3, -0.25) is 4.79 Å². The lowest BCUT2D eigenvalue weighted by Gasteiger charge is -2.12. The third-order valence-corrected chi connectivity index (χ3v) is 6.84. The maximum Gasteiger partial charge on any atom is 0.228 e. The average Bonchev–Trinajstić information content (AvgIpc) is 3.84. The number of nitrogens with zero attached hydrogens (tertiary/aromatic N) is 3. The first kappa shape index (κ1) is 24.1. The van der Waals surface area contributed by atoms with Gasteiger partial charge in [-0.05, 0) is 80.9 Å². The predicted octanol–water partition coefficient (Wildman–Crippen LogP) is 4.69. The molecule has 188 valence electrons. The number of amides is 1. The first-order valence-corrected chi connectivity index (χ1v) is 12.2. The Morgan fingerprint density at radius 1 is 1.06 bits per heavy atom. The Balaban J connectivity index is 0.000000391. The highest BCUT2D eigenvalue weighted by atomic mass is 19.2. The van der Waals surface area contributed by atoms with Crippen LogP contribution in [0.25, 0.3) is 11.3 Å². The van der Waals surface area contributed by atoms with E-state index >= 15 is 0 Å². The molecule has 10 heteroatoms. The highest BCUT2D eigenvalue weighted by molar-refractivity contribution is 5.95. The standard InChI is InChI=1S/C21H17F2N5O2.C5H11N/c22-16-14(27-18(29)12-10-21(12)6-7-21)3-4-15(17(16)23)30-19-11(2-1-8-25-19)13-5-9-26-20(24)28-13;1-2-4-6-5-3-1/h1-5,8-9,12H,6-7,10H2,(H,27,29)(H2,24,26,28);6H,1-5H2. The topological polar surface area (TPSA) is 115 Å². The fourth-order valence-electron chi connectivity index (χ4n) is 4.46. The molecule has 3 heterocycles. The van der Waals surface area contributed by atoms with Crippen molar-refractivity contribution in [2.24, 2.45) is 11.3 Å². The van der Waals surface area contributed by atoms with Crippen LogP contribution in [0.15, 0.2) is 42.7 Å². The maximum absolute atomic E-state index is 14.7. The number of carbonyl (C=O) groups is 1. The summed E-state index contributed by atoms with van der Waals surface area (Å²) in [6.07, 6.45) is 10.0. The van der Waals surface area contributed by atoms with E-state index < -0.39 is 11.6 Å². The van der Waals surface area contributed by atoms with E-state index in [0.717, 1.165) is 19.3 Å². The number of hydrogen-bond donors (Lipinski definition) is 3. The van der Waals surface area contributed by atoms with Gasteiger partial charge < -0.3 is 21.1 Å². The van der Waals surface area contributed by atoms with Gasteiger partial charge in [-0.1, -0.05) is 6.42 Å². The Morgan fingerprint density at radius 2 is 1.86 bits per heavy atom. The van der Waals surface area contributed by atoms with Gasteiger partial charge >= 0.3 is 0 Å². The van der Waals surface area contributed by atoms with Gasteiger partial charge in [0.25, 0.3) is 0 Å². The van der Waals surface area contributed by atoms with E-state index in [-0.39, 0.29) is 40.5 Å². The summed E-state index contributed by atoms with van der Waals surface area (Å²) in [5.41, 5.74) is 6.40. The molecule has 1 amide bonds. The van der Waals surface area contributed by atoms with Crippen molar-refractivity contribution < 1.29 is 18.3 Å². The van der Waals surface area contributed by atoms with Gasteiger partial charge in [-0.15, -0.1) is 0 Å². The molecule has 6 rings (SSSR count). The van der Waals surface area contributed by atoms with E-state index in [1.807, 2.05) is 0 Å². The molecule has 2 aliphatic carbocycles. The summed E-state index contributed by atoms with van der Waals surface area (Å²) >= 11 is 0. The molecule has 1 spiro atoms. The molecule has 8 nitrogen and oxygen atoms in total. The van der Waals surface area contributed by atoms with Crippen LogP contribution in [0.4, 0.5) is 20.4 Å². The fraction of sp³-hybridized carbons (Fsp3) is 0.385. The molecule has 1 atom stereocenters. The molecule has 1 unspecified atom stereocenters. The highest BCUT2D eigenvalue weighted by Crippen LogP contribution is 2.70. The number of nitrogens with one attached hydrogen (secondary N) is 2. The van der Waals surface area contributed by atoms with Crippen molar-refractivity contribution in [3.63, 3.8) is 0 Å². The second-order valence-corrected chi connectivity index (χ2v) is 9.42. The maximum atomic E-state index is 14.7. The van der Waals surface area contributed by atoms with Gasteiger partial charge in [0.1, 0.15) is 0 Å². The molecule has 4 N–H and O–H groups in total. The van der Waals surface area contributed by atoms with Crippen LogP contribution in [0.5, 0.6) is 11.6 Å². The van der Waals surface area contributed by atoms with Crippen molar-refractivity contribution in [2.75, 3.05) is 24.1 Å². The molecule has 2 aromatic heterocycles. The minimum atomic E-state index is -1.22. The number of nitrogen functional groups attached to an aromatic ring is 1. The molecule has 0 radical (unpaired) electrons. The molecule has 1 aliphatic heterocycles. The summed E-state index contributed by atoms with van der Waals surface area (Å²) in [6.45, 7) is 2.50. The van der Waals surface area contributed by atoms with Crippen molar-refractivity contribution in [3.05, 3.63) is 54.4 Å². The van der Waals surface area contributed by atoms with E-state index in [4.69, 9.17) is 10.5 Å². The number of piperidine rings is 1. The van der Waals surface area contributed by atoms with Gasteiger partial charge in [-0.25, -0.2) is 19.3 Å². The summed E-state index contributed by atoms with van der Waals surface area (Å²) in [4.78, 5) is 24.3. The summed E-state index contributed by atoms with van der Waals surface area (Å²) in [5, 5.41) is 5.77. The smallest absolute Gasteiger partial charge is 0.228 e. The number of aromatic nitrogens is 3. The zero-order valence-electron chi connectivity index (χ0n) is 19.8. The van der Waals surface area contributed by atoms with Crippen LogP contribution in [0, 0.1) is 23.0 Å². The molecule has 3 fully saturated rings. The monoisotopic (exact) mass is 494 g/mol. The van der Waals surface area contributed by atoms with Crippen LogP contribution >= 0.6 is 0 Å². The number of halogens is 2. The van der Waals surface area contributed by atoms with E-state index in [1.54, 1.807) is 18.2 Å². The van der Waals surface area contributed by atoms with Crippen molar-refractivity contribution in [1.82, 2.24) is 20.3 Å². The Kier molecular flexibility index (Phi) is 6.77. The highest BCUT2D eigenvalue weighted by Gasteiger charge is 2.65. The van der Waals surface area contributed by atoms with Crippen LogP contribution in [-0.2, 0) is 4.79 Å². The largest absolute Gasteiger partial charge is 0.435 e. The average molecular weight is 495 g/mol. The van der Waals surface area contributed by atoms with Crippen LogP contribution in [0.3, 0.4) is 0 Å². The molecule has 3 aliphatic rings. The minimum absolute atomic E-state index is 0.0272. The summed E-state index contributed by atoms with van der Waals surface area (Å²) < 4.78 is 34.8. The molecule has 3 aromatic rings. The lowest BCUT2D eigenvalue weighted by molar-refractivity contribution is -0.117.